The first-order valence-corrected chi connectivity index (χ1v) is 6.88. The van der Waals surface area contributed by atoms with Crippen molar-refractivity contribution in [3.63, 3.8) is 0 Å². The average molecular weight is 238 g/mol. The smallest absolute Gasteiger partial charge is 0.400 e. The summed E-state index contributed by atoms with van der Waals surface area (Å²) in [6, 6.07) is 0. The molecule has 0 atom stereocenters. The summed E-state index contributed by atoms with van der Waals surface area (Å²) in [5.41, 5.74) is 0.862. The Morgan fingerprint density at radius 2 is 1.53 bits per heavy atom. The normalized spacial score (nSPS) is 23.2. The van der Waals surface area contributed by atoms with Gasteiger partial charge in [0.15, 0.2) is 0 Å². The van der Waals surface area contributed by atoms with E-state index in [1.54, 1.807) is 0 Å². The molecule has 0 aromatic carbocycles. The number of allylic oxidation sites excluding steroid dienone is 2. The molecule has 1 heterocycles. The van der Waals surface area contributed by atoms with Gasteiger partial charge in [0.1, 0.15) is 0 Å². The third-order valence-corrected chi connectivity index (χ3v) is 3.79. The summed E-state index contributed by atoms with van der Waals surface area (Å²) in [4.78, 5) is 0. The molecular weight excluding hydrogens is 211 g/mol. The van der Waals surface area contributed by atoms with Crippen LogP contribution < -0.4 is 0 Å². The Morgan fingerprint density at radius 3 is 1.94 bits per heavy atom. The number of unbranched alkanes of at least 4 members (excludes halogenated alkanes) is 1. The van der Waals surface area contributed by atoms with Crippen molar-refractivity contribution in [1.29, 1.82) is 0 Å². The SMILES string of the molecule is CCCC=C(CCC)B1OC(C)(C)C(C)(C)O1. The molecule has 0 aromatic rings. The molecule has 0 amide bonds. The van der Waals surface area contributed by atoms with E-state index in [0.717, 1.165) is 19.3 Å². The van der Waals surface area contributed by atoms with Crippen molar-refractivity contribution in [2.75, 3.05) is 0 Å². The van der Waals surface area contributed by atoms with E-state index < -0.39 is 0 Å². The first-order chi connectivity index (χ1) is 7.84. The fraction of sp³-hybridized carbons (Fsp3) is 0.857. The van der Waals surface area contributed by atoms with Gasteiger partial charge in [0.05, 0.1) is 11.2 Å². The fourth-order valence-electron chi connectivity index (χ4n) is 1.93. The van der Waals surface area contributed by atoms with Crippen LogP contribution in [-0.2, 0) is 9.31 Å². The molecule has 0 aliphatic carbocycles. The van der Waals surface area contributed by atoms with E-state index in [1.807, 2.05) is 0 Å². The minimum atomic E-state index is -0.225. The van der Waals surface area contributed by atoms with Gasteiger partial charge in [0.25, 0.3) is 0 Å². The summed E-state index contributed by atoms with van der Waals surface area (Å²) >= 11 is 0. The summed E-state index contributed by atoms with van der Waals surface area (Å²) in [5.74, 6) is 0. The van der Waals surface area contributed by atoms with Crippen molar-refractivity contribution in [1.82, 2.24) is 0 Å². The molecule has 0 aromatic heterocycles. The molecule has 3 heteroatoms. The summed E-state index contributed by atoms with van der Waals surface area (Å²) in [6.45, 7) is 12.8. The van der Waals surface area contributed by atoms with Gasteiger partial charge in [0.2, 0.25) is 0 Å². The third-order valence-electron chi connectivity index (χ3n) is 3.79. The zero-order chi connectivity index (χ0) is 13.1. The topological polar surface area (TPSA) is 18.5 Å². The lowest BCUT2D eigenvalue weighted by molar-refractivity contribution is 0.00578. The van der Waals surface area contributed by atoms with Gasteiger partial charge >= 0.3 is 7.12 Å². The van der Waals surface area contributed by atoms with Gasteiger partial charge in [-0.15, -0.1) is 0 Å². The molecule has 2 nitrogen and oxygen atoms in total. The van der Waals surface area contributed by atoms with Crippen LogP contribution in [0, 0.1) is 0 Å². The van der Waals surface area contributed by atoms with Crippen LogP contribution >= 0.6 is 0 Å². The van der Waals surface area contributed by atoms with Crippen molar-refractivity contribution < 1.29 is 9.31 Å². The predicted octanol–water partition coefficient (Wildman–Crippen LogP) is 4.14. The van der Waals surface area contributed by atoms with Gasteiger partial charge in [-0.3, -0.25) is 0 Å². The van der Waals surface area contributed by atoms with Crippen LogP contribution in [0.5, 0.6) is 0 Å². The van der Waals surface area contributed by atoms with Crippen LogP contribution in [0.1, 0.15) is 67.2 Å². The van der Waals surface area contributed by atoms with Gasteiger partial charge in [-0.05, 0) is 46.0 Å². The fourth-order valence-corrected chi connectivity index (χ4v) is 1.93. The lowest BCUT2D eigenvalue weighted by Crippen LogP contribution is -2.41. The summed E-state index contributed by atoms with van der Waals surface area (Å²) in [7, 11) is -0.147. The second kappa shape index (κ2) is 5.58. The van der Waals surface area contributed by atoms with E-state index in [4.69, 9.17) is 9.31 Å². The zero-order valence-electron chi connectivity index (χ0n) is 12.3. The van der Waals surface area contributed by atoms with Crippen molar-refractivity contribution in [2.45, 2.75) is 78.4 Å². The summed E-state index contributed by atoms with van der Waals surface area (Å²) in [6.07, 6.45) is 6.79. The molecule has 1 fully saturated rings. The molecule has 0 unspecified atom stereocenters. The molecule has 1 aliphatic heterocycles. The van der Waals surface area contributed by atoms with E-state index >= 15 is 0 Å². The van der Waals surface area contributed by atoms with Crippen molar-refractivity contribution in [3.05, 3.63) is 11.5 Å². The minimum absolute atomic E-state index is 0.147. The monoisotopic (exact) mass is 238 g/mol. The summed E-state index contributed by atoms with van der Waals surface area (Å²) < 4.78 is 12.2. The van der Waals surface area contributed by atoms with Crippen LogP contribution in [0.2, 0.25) is 0 Å². The van der Waals surface area contributed by atoms with Crippen LogP contribution in [0.15, 0.2) is 11.5 Å². The lowest BCUT2D eigenvalue weighted by atomic mass is 9.75. The number of hydrogen-bond acceptors (Lipinski definition) is 2. The maximum absolute atomic E-state index is 6.09. The first-order valence-electron chi connectivity index (χ1n) is 6.88. The first kappa shape index (κ1) is 14.8. The van der Waals surface area contributed by atoms with Crippen LogP contribution in [0.25, 0.3) is 0 Å². The Bertz CT molecular complexity index is 266. The number of hydrogen-bond donors (Lipinski definition) is 0. The van der Waals surface area contributed by atoms with E-state index in [1.165, 1.54) is 11.9 Å². The summed E-state index contributed by atoms with van der Waals surface area (Å²) in [5, 5.41) is 0. The minimum Gasteiger partial charge on any atom is -0.400 e. The predicted molar refractivity (Wildman–Crippen MR) is 74.0 cm³/mol. The molecule has 1 saturated heterocycles. The highest BCUT2D eigenvalue weighted by molar-refractivity contribution is 6.54. The molecule has 0 radical (unpaired) electrons. The Morgan fingerprint density at radius 1 is 1.00 bits per heavy atom. The Kier molecular flexibility index (Phi) is 4.85. The van der Waals surface area contributed by atoms with Crippen molar-refractivity contribution in [2.24, 2.45) is 0 Å². The molecule has 0 spiro atoms. The van der Waals surface area contributed by atoms with E-state index in [9.17, 15) is 0 Å². The van der Waals surface area contributed by atoms with Crippen molar-refractivity contribution in [3.8, 4) is 0 Å². The van der Waals surface area contributed by atoms with Crippen molar-refractivity contribution >= 4 is 7.12 Å². The van der Waals surface area contributed by atoms with E-state index in [2.05, 4.69) is 47.6 Å². The van der Waals surface area contributed by atoms with Gasteiger partial charge in [0, 0.05) is 0 Å². The second-order valence-corrected chi connectivity index (χ2v) is 5.91. The molecule has 0 saturated carbocycles. The van der Waals surface area contributed by atoms with Crippen LogP contribution in [0.4, 0.5) is 0 Å². The van der Waals surface area contributed by atoms with E-state index in [-0.39, 0.29) is 18.3 Å². The molecule has 98 valence electrons. The molecule has 0 N–H and O–H groups in total. The van der Waals surface area contributed by atoms with Gasteiger partial charge in [-0.1, -0.05) is 32.8 Å². The molecule has 1 rings (SSSR count). The molecule has 1 aliphatic rings. The standard InChI is InChI=1S/C14H27BO2/c1-7-9-11-12(10-8-2)15-16-13(3,4)14(5,6)17-15/h11H,7-10H2,1-6H3. The number of rotatable bonds is 5. The lowest BCUT2D eigenvalue weighted by Gasteiger charge is -2.32. The largest absolute Gasteiger partial charge is 0.490 e. The van der Waals surface area contributed by atoms with Gasteiger partial charge in [-0.2, -0.15) is 0 Å². The second-order valence-electron chi connectivity index (χ2n) is 5.91. The third kappa shape index (κ3) is 3.35. The van der Waals surface area contributed by atoms with Crippen LogP contribution in [0.3, 0.4) is 0 Å². The maximum Gasteiger partial charge on any atom is 0.490 e. The zero-order valence-corrected chi connectivity index (χ0v) is 12.3. The van der Waals surface area contributed by atoms with Gasteiger partial charge < -0.3 is 9.31 Å². The highest BCUT2D eigenvalue weighted by Gasteiger charge is 2.51. The molecule has 17 heavy (non-hydrogen) atoms. The Labute approximate surface area is 107 Å². The van der Waals surface area contributed by atoms with E-state index in [0.29, 0.717) is 0 Å². The Hall–Kier alpha value is -0.275. The molecule has 0 bridgehead atoms. The highest BCUT2D eigenvalue weighted by Crippen LogP contribution is 2.39. The average Bonchev–Trinajstić information content (AvgIpc) is 2.43. The Balaban J connectivity index is 2.79. The molecular formula is C14H27BO2. The quantitative estimate of drug-likeness (QED) is 0.670. The van der Waals surface area contributed by atoms with Crippen LogP contribution in [-0.4, -0.2) is 18.3 Å². The van der Waals surface area contributed by atoms with Gasteiger partial charge in [-0.25, -0.2) is 0 Å². The highest BCUT2D eigenvalue weighted by atomic mass is 16.7. The maximum atomic E-state index is 6.09.